The molecule has 0 aliphatic carbocycles. The summed E-state index contributed by atoms with van der Waals surface area (Å²) in [5, 5.41) is 48.7. The molecule has 39 heavy (non-hydrogen) atoms. The SMILES string of the molecule is O=C(O)CN1CCN(CC(=O)O)CCN(CC(=O)O)C(CCc2ccc([N+](=O)[O-])cc2)CN(CC(=O)O)CC1. The van der Waals surface area contributed by atoms with E-state index >= 15 is 0 Å². The van der Waals surface area contributed by atoms with Crippen molar-refractivity contribution in [3.05, 3.63) is 39.9 Å². The topological polar surface area (TPSA) is 205 Å². The summed E-state index contributed by atoms with van der Waals surface area (Å²) < 4.78 is 0. The van der Waals surface area contributed by atoms with Gasteiger partial charge in [-0.3, -0.25) is 48.9 Å². The summed E-state index contributed by atoms with van der Waals surface area (Å²) in [7, 11) is 0. The first kappa shape index (κ1) is 31.6. The van der Waals surface area contributed by atoms with Gasteiger partial charge in [0.1, 0.15) is 0 Å². The number of carbonyl (C=O) groups is 4. The molecule has 4 N–H and O–H groups in total. The van der Waals surface area contributed by atoms with Crippen molar-refractivity contribution in [3.8, 4) is 0 Å². The van der Waals surface area contributed by atoms with E-state index in [1.165, 1.54) is 12.1 Å². The quantitative estimate of drug-likeness (QED) is 0.189. The Balaban J connectivity index is 2.34. The number of nitro groups is 1. The first-order valence-corrected chi connectivity index (χ1v) is 12.4. The van der Waals surface area contributed by atoms with Gasteiger partial charge in [0.2, 0.25) is 0 Å². The average molecular weight is 554 g/mol. The van der Waals surface area contributed by atoms with Crippen LogP contribution in [0, 0.1) is 10.1 Å². The van der Waals surface area contributed by atoms with E-state index in [4.69, 9.17) is 0 Å². The van der Waals surface area contributed by atoms with E-state index in [0.29, 0.717) is 12.8 Å². The largest absolute Gasteiger partial charge is 0.480 e. The Labute approximate surface area is 225 Å². The van der Waals surface area contributed by atoms with Crippen LogP contribution in [0.2, 0.25) is 0 Å². The molecule has 0 saturated carbocycles. The van der Waals surface area contributed by atoms with E-state index in [1.807, 2.05) is 0 Å². The molecular formula is C24H35N5O10. The number of hydrogen-bond donors (Lipinski definition) is 4. The molecule has 2 rings (SSSR count). The molecule has 216 valence electrons. The third kappa shape index (κ3) is 12.2. The predicted octanol–water partition coefficient (Wildman–Crippen LogP) is -0.544. The fraction of sp³-hybridized carbons (Fsp3) is 0.583. The first-order chi connectivity index (χ1) is 18.4. The zero-order chi connectivity index (χ0) is 28.9. The molecule has 1 aromatic rings. The van der Waals surface area contributed by atoms with Gasteiger partial charge >= 0.3 is 23.9 Å². The molecule has 1 aliphatic heterocycles. The normalized spacial score (nSPS) is 19.0. The molecule has 1 fully saturated rings. The van der Waals surface area contributed by atoms with Gasteiger partial charge in [0.05, 0.1) is 31.1 Å². The van der Waals surface area contributed by atoms with Gasteiger partial charge < -0.3 is 20.4 Å². The Hall–Kier alpha value is -3.66. The molecule has 0 bridgehead atoms. The summed E-state index contributed by atoms with van der Waals surface area (Å²) in [6, 6.07) is 5.53. The maximum Gasteiger partial charge on any atom is 0.317 e. The molecular weight excluding hydrogens is 518 g/mol. The van der Waals surface area contributed by atoms with Gasteiger partial charge in [-0.25, -0.2) is 0 Å². The zero-order valence-corrected chi connectivity index (χ0v) is 21.6. The van der Waals surface area contributed by atoms with Crippen LogP contribution in [0.1, 0.15) is 12.0 Å². The number of carboxylic acids is 4. The fourth-order valence-corrected chi connectivity index (χ4v) is 4.55. The Kier molecular flexibility index (Phi) is 12.7. The minimum absolute atomic E-state index is 0.0608. The van der Waals surface area contributed by atoms with Gasteiger partial charge in [-0.15, -0.1) is 0 Å². The van der Waals surface area contributed by atoms with Crippen LogP contribution in [0.15, 0.2) is 24.3 Å². The minimum Gasteiger partial charge on any atom is -0.480 e. The van der Waals surface area contributed by atoms with Crippen LogP contribution >= 0.6 is 0 Å². The van der Waals surface area contributed by atoms with Gasteiger partial charge in [-0.05, 0) is 18.4 Å². The van der Waals surface area contributed by atoms with E-state index in [9.17, 15) is 49.7 Å². The highest BCUT2D eigenvalue weighted by Crippen LogP contribution is 2.17. The lowest BCUT2D eigenvalue weighted by Gasteiger charge is -2.37. The molecule has 0 amide bonds. The lowest BCUT2D eigenvalue weighted by Crippen LogP contribution is -2.53. The molecule has 1 aromatic carbocycles. The van der Waals surface area contributed by atoms with E-state index in [2.05, 4.69) is 0 Å². The van der Waals surface area contributed by atoms with Crippen molar-refractivity contribution in [1.29, 1.82) is 0 Å². The highest BCUT2D eigenvalue weighted by molar-refractivity contribution is 5.70. The van der Waals surface area contributed by atoms with Crippen LogP contribution < -0.4 is 0 Å². The van der Waals surface area contributed by atoms with Gasteiger partial charge in [0, 0.05) is 64.0 Å². The van der Waals surface area contributed by atoms with E-state index < -0.39 is 34.8 Å². The highest BCUT2D eigenvalue weighted by atomic mass is 16.6. The van der Waals surface area contributed by atoms with Gasteiger partial charge in [-0.1, -0.05) is 12.1 Å². The number of rotatable bonds is 12. The number of hydrogen-bond acceptors (Lipinski definition) is 10. The van der Waals surface area contributed by atoms with Crippen LogP contribution in [0.5, 0.6) is 0 Å². The molecule has 0 radical (unpaired) electrons. The van der Waals surface area contributed by atoms with Crippen molar-refractivity contribution in [2.45, 2.75) is 18.9 Å². The molecule has 1 saturated heterocycles. The lowest BCUT2D eigenvalue weighted by atomic mass is 10.0. The summed E-state index contributed by atoms with van der Waals surface area (Å²) in [6.07, 6.45) is 0.836. The number of aryl methyl sites for hydroxylation is 1. The van der Waals surface area contributed by atoms with E-state index in [1.54, 1.807) is 31.7 Å². The van der Waals surface area contributed by atoms with Crippen molar-refractivity contribution in [1.82, 2.24) is 19.6 Å². The summed E-state index contributed by atoms with van der Waals surface area (Å²) in [5.74, 6) is -4.31. The van der Waals surface area contributed by atoms with Crippen molar-refractivity contribution in [2.75, 3.05) is 72.0 Å². The summed E-state index contributed by atoms with van der Waals surface area (Å²) in [6.45, 7) is 0.165. The lowest BCUT2D eigenvalue weighted by molar-refractivity contribution is -0.384. The van der Waals surface area contributed by atoms with Crippen LogP contribution in [0.4, 0.5) is 5.69 Å². The maximum absolute atomic E-state index is 11.7. The Morgan fingerprint density at radius 1 is 0.718 bits per heavy atom. The number of nitro benzene ring substituents is 1. The number of nitrogens with zero attached hydrogens (tertiary/aromatic N) is 5. The fourth-order valence-electron chi connectivity index (χ4n) is 4.55. The van der Waals surface area contributed by atoms with Gasteiger partial charge in [0.15, 0.2) is 0 Å². The molecule has 1 aliphatic rings. The van der Waals surface area contributed by atoms with Gasteiger partial charge in [0.25, 0.3) is 5.69 Å². The number of non-ortho nitro benzene ring substituents is 1. The van der Waals surface area contributed by atoms with Crippen LogP contribution in [-0.4, -0.2) is 147 Å². The average Bonchev–Trinajstić information content (AvgIpc) is 2.83. The molecule has 0 aromatic heterocycles. The number of benzene rings is 1. The maximum atomic E-state index is 11.7. The van der Waals surface area contributed by atoms with Crippen molar-refractivity contribution in [3.63, 3.8) is 0 Å². The predicted molar refractivity (Wildman–Crippen MR) is 137 cm³/mol. The molecule has 15 nitrogen and oxygen atoms in total. The van der Waals surface area contributed by atoms with Crippen molar-refractivity contribution in [2.24, 2.45) is 0 Å². The van der Waals surface area contributed by atoms with Crippen LogP contribution in [-0.2, 0) is 25.6 Å². The second kappa shape index (κ2) is 15.7. The van der Waals surface area contributed by atoms with Gasteiger partial charge in [-0.2, -0.15) is 0 Å². The van der Waals surface area contributed by atoms with Crippen molar-refractivity contribution < 1.29 is 44.5 Å². The van der Waals surface area contributed by atoms with Crippen molar-refractivity contribution >= 4 is 29.6 Å². The summed E-state index contributed by atoms with van der Waals surface area (Å²) in [5.41, 5.74) is 0.723. The zero-order valence-electron chi connectivity index (χ0n) is 21.6. The molecule has 1 heterocycles. The second-order valence-corrected chi connectivity index (χ2v) is 9.45. The highest BCUT2D eigenvalue weighted by Gasteiger charge is 2.27. The van der Waals surface area contributed by atoms with Crippen LogP contribution in [0.25, 0.3) is 0 Å². The Bertz CT molecular complexity index is 1010. The number of carboxylic acid groups (broad SMARTS) is 4. The molecule has 15 heteroatoms. The number of aliphatic carboxylic acids is 4. The monoisotopic (exact) mass is 553 g/mol. The molecule has 1 unspecified atom stereocenters. The van der Waals surface area contributed by atoms with E-state index in [-0.39, 0.29) is 77.7 Å². The first-order valence-electron chi connectivity index (χ1n) is 12.4. The van der Waals surface area contributed by atoms with Crippen LogP contribution in [0.3, 0.4) is 0 Å². The minimum atomic E-state index is -1.09. The Morgan fingerprint density at radius 2 is 1.15 bits per heavy atom. The smallest absolute Gasteiger partial charge is 0.317 e. The third-order valence-corrected chi connectivity index (χ3v) is 6.48. The third-order valence-electron chi connectivity index (χ3n) is 6.48. The standard InChI is InChI=1S/C24H35N5O10/c30-21(31)14-25-7-8-26(15-22(32)33)11-12-28(17-24(36)37)20(13-27(10-9-25)16-23(34)35)6-3-18-1-4-19(5-2-18)29(38)39/h1-2,4-5,20H,3,6-17H2,(H,30,31)(H,32,33)(H,34,35)(H,36,37). The molecule has 1 atom stereocenters. The van der Waals surface area contributed by atoms with E-state index in [0.717, 1.165) is 5.56 Å². The molecule has 0 spiro atoms. The second-order valence-electron chi connectivity index (χ2n) is 9.45. The summed E-state index contributed by atoms with van der Waals surface area (Å²) >= 11 is 0. The Morgan fingerprint density at radius 3 is 1.62 bits per heavy atom. The summed E-state index contributed by atoms with van der Waals surface area (Å²) in [4.78, 5) is 63.2.